The van der Waals surface area contributed by atoms with E-state index in [1.807, 2.05) is 0 Å². The van der Waals surface area contributed by atoms with E-state index >= 15 is 0 Å². The first-order valence-corrected chi connectivity index (χ1v) is 12.1. The van der Waals surface area contributed by atoms with Crippen LogP contribution in [0.5, 0.6) is 0 Å². The zero-order valence-electron chi connectivity index (χ0n) is 18.2. The Bertz CT molecular complexity index is 1190. The summed E-state index contributed by atoms with van der Waals surface area (Å²) >= 11 is 7.44. The second-order valence-electron chi connectivity index (χ2n) is 8.76. The molecule has 34 heavy (non-hydrogen) atoms. The number of carboxylic acids is 1. The van der Waals surface area contributed by atoms with Crippen molar-refractivity contribution in [2.45, 2.75) is 44.2 Å². The number of hydrogen-bond donors (Lipinski definition) is 2. The van der Waals surface area contributed by atoms with Gasteiger partial charge in [0.05, 0.1) is 29.0 Å². The van der Waals surface area contributed by atoms with Gasteiger partial charge < -0.3 is 10.4 Å². The summed E-state index contributed by atoms with van der Waals surface area (Å²) in [4.78, 5) is 24.9. The minimum absolute atomic E-state index is 0.0603. The molecule has 1 aliphatic rings. The lowest BCUT2D eigenvalue weighted by Gasteiger charge is -2.25. The number of alkyl halides is 3. The number of fused-ring (bicyclic) bond motifs is 1. The molecule has 1 aliphatic carbocycles. The van der Waals surface area contributed by atoms with E-state index in [1.165, 1.54) is 0 Å². The lowest BCUT2D eigenvalue weighted by atomic mass is 9.89. The van der Waals surface area contributed by atoms with Crippen LogP contribution in [0, 0.1) is 11.8 Å². The van der Waals surface area contributed by atoms with Gasteiger partial charge in [0, 0.05) is 9.58 Å². The third kappa shape index (κ3) is 5.39. The van der Waals surface area contributed by atoms with Gasteiger partial charge in [-0.3, -0.25) is 9.59 Å². The molecule has 0 saturated heterocycles. The van der Waals surface area contributed by atoms with Crippen LogP contribution in [0.3, 0.4) is 0 Å². The lowest BCUT2D eigenvalue weighted by Crippen LogP contribution is -2.34. The molecule has 0 unspecified atom stereocenters. The summed E-state index contributed by atoms with van der Waals surface area (Å²) in [5.41, 5.74) is 0.882. The van der Waals surface area contributed by atoms with E-state index in [0.29, 0.717) is 10.4 Å². The molecule has 2 N–H and O–H groups in total. The fourth-order valence-electron chi connectivity index (χ4n) is 4.27. The first-order chi connectivity index (χ1) is 16.0. The molecule has 3 atom stereocenters. The van der Waals surface area contributed by atoms with Gasteiger partial charge in [-0.2, -0.15) is 13.2 Å². The first kappa shape index (κ1) is 24.5. The summed E-state index contributed by atoms with van der Waals surface area (Å²) < 4.78 is 42.0. The Hall–Kier alpha value is -2.58. The minimum Gasteiger partial charge on any atom is -0.481 e. The average molecular weight is 510 g/mol. The van der Waals surface area contributed by atoms with E-state index in [2.05, 4.69) is 5.32 Å². The van der Waals surface area contributed by atoms with Gasteiger partial charge in [0.15, 0.2) is 0 Å². The number of halogens is 4. The van der Waals surface area contributed by atoms with E-state index in [1.54, 1.807) is 48.5 Å². The summed E-state index contributed by atoms with van der Waals surface area (Å²) in [6, 6.07) is 13.7. The van der Waals surface area contributed by atoms with E-state index in [4.69, 9.17) is 11.6 Å². The van der Waals surface area contributed by atoms with Crippen LogP contribution in [0.25, 0.3) is 10.1 Å². The zero-order chi connectivity index (χ0) is 24.6. The van der Waals surface area contributed by atoms with Crippen LogP contribution in [0.15, 0.2) is 48.5 Å². The molecular weight excluding hydrogens is 487 g/mol. The number of carbonyl (C=O) groups excluding carboxylic acids is 1. The largest absolute Gasteiger partial charge is 0.481 e. The summed E-state index contributed by atoms with van der Waals surface area (Å²) in [5, 5.41) is 12.8. The minimum atomic E-state index is -4.58. The second-order valence-corrected chi connectivity index (χ2v) is 10.3. The van der Waals surface area contributed by atoms with Crippen LogP contribution in [-0.2, 0) is 9.59 Å². The summed E-state index contributed by atoms with van der Waals surface area (Å²) in [5.74, 6) is -5.13. The maximum Gasteiger partial charge on any atom is 0.392 e. The van der Waals surface area contributed by atoms with Crippen LogP contribution in [0.2, 0.25) is 5.02 Å². The van der Waals surface area contributed by atoms with Crippen molar-refractivity contribution >= 4 is 50.6 Å². The summed E-state index contributed by atoms with van der Waals surface area (Å²) in [7, 11) is 0. The molecule has 0 bridgehead atoms. The van der Waals surface area contributed by atoms with Crippen LogP contribution < -0.4 is 5.32 Å². The molecule has 3 aromatic rings. The first-order valence-electron chi connectivity index (χ1n) is 10.9. The predicted octanol–water partition coefficient (Wildman–Crippen LogP) is 7.44. The molecule has 0 radical (unpaired) electrons. The third-order valence-electron chi connectivity index (χ3n) is 6.31. The molecule has 2 aromatic carbocycles. The Morgan fingerprint density at radius 1 is 1.18 bits per heavy atom. The maximum absolute atomic E-state index is 13.7. The fraction of sp³-hybridized carbons (Fsp3) is 0.360. The number of aliphatic carboxylic acids is 1. The molecule has 1 amide bonds. The Balaban J connectivity index is 1.66. The predicted molar refractivity (Wildman–Crippen MR) is 128 cm³/mol. The maximum atomic E-state index is 13.7. The fourth-order valence-corrected chi connectivity index (χ4v) is 5.70. The summed E-state index contributed by atoms with van der Waals surface area (Å²) in [6.07, 6.45) is -2.81. The number of rotatable bonds is 8. The van der Waals surface area contributed by atoms with Crippen LogP contribution in [-0.4, -0.2) is 23.2 Å². The topological polar surface area (TPSA) is 66.4 Å². The number of benzene rings is 2. The second kappa shape index (κ2) is 9.58. The Labute approximate surface area is 203 Å². The number of carbonyl (C=O) groups is 2. The van der Waals surface area contributed by atoms with Crippen molar-refractivity contribution < 1.29 is 27.9 Å². The van der Waals surface area contributed by atoms with Gasteiger partial charge in [-0.1, -0.05) is 42.8 Å². The van der Waals surface area contributed by atoms with Crippen molar-refractivity contribution in [2.24, 2.45) is 11.8 Å². The van der Waals surface area contributed by atoms with Crippen LogP contribution in [0.4, 0.5) is 18.9 Å². The van der Waals surface area contributed by atoms with Crippen molar-refractivity contribution in [3.63, 3.8) is 0 Å². The van der Waals surface area contributed by atoms with Crippen LogP contribution in [0.1, 0.15) is 48.5 Å². The van der Waals surface area contributed by atoms with Gasteiger partial charge >= 0.3 is 12.1 Å². The molecule has 4 nitrogen and oxygen atoms in total. The van der Waals surface area contributed by atoms with Gasteiger partial charge in [0.2, 0.25) is 5.91 Å². The summed E-state index contributed by atoms with van der Waals surface area (Å²) in [6.45, 7) is 1.00. The molecular formula is C25H23ClF3NO3S. The normalized spacial score (nSPS) is 16.7. The molecule has 1 heterocycles. The highest BCUT2D eigenvalue weighted by molar-refractivity contribution is 7.19. The van der Waals surface area contributed by atoms with Gasteiger partial charge in [-0.25, -0.2) is 0 Å². The molecule has 0 aliphatic heterocycles. The number of thiophene rings is 1. The van der Waals surface area contributed by atoms with Crippen molar-refractivity contribution in [2.75, 3.05) is 5.32 Å². The monoisotopic (exact) mass is 509 g/mol. The quantitative estimate of drug-likeness (QED) is 0.331. The molecule has 0 spiro atoms. The highest BCUT2D eigenvalue weighted by Gasteiger charge is 2.45. The van der Waals surface area contributed by atoms with Crippen molar-refractivity contribution in [1.82, 2.24) is 0 Å². The van der Waals surface area contributed by atoms with Gasteiger partial charge in [-0.05, 0) is 59.9 Å². The van der Waals surface area contributed by atoms with Gasteiger partial charge in [0.25, 0.3) is 0 Å². The van der Waals surface area contributed by atoms with Gasteiger partial charge in [0.1, 0.15) is 0 Å². The van der Waals surface area contributed by atoms with E-state index in [0.717, 1.165) is 41.2 Å². The lowest BCUT2D eigenvalue weighted by molar-refractivity contribution is -0.177. The SMILES string of the molecule is C[C@H]([C@H](C(=O)Nc1cc([C@@H](CC(=O)O)C2CC2)ccc1Cl)c1cc2ccccc2s1)C(F)(F)F. The number of hydrogen-bond acceptors (Lipinski definition) is 3. The average Bonchev–Trinajstić information content (AvgIpc) is 3.51. The van der Waals surface area contributed by atoms with E-state index in [-0.39, 0.29) is 29.0 Å². The number of anilines is 1. The highest BCUT2D eigenvalue weighted by atomic mass is 35.5. The zero-order valence-corrected chi connectivity index (χ0v) is 19.8. The Morgan fingerprint density at radius 2 is 1.88 bits per heavy atom. The number of amides is 1. The van der Waals surface area contributed by atoms with Crippen molar-refractivity contribution in [3.8, 4) is 0 Å². The molecule has 180 valence electrons. The van der Waals surface area contributed by atoms with Gasteiger partial charge in [-0.15, -0.1) is 11.3 Å². The molecule has 1 saturated carbocycles. The molecule has 1 fully saturated rings. The number of carboxylic acid groups (broad SMARTS) is 1. The van der Waals surface area contributed by atoms with E-state index < -0.39 is 29.9 Å². The Morgan fingerprint density at radius 3 is 2.50 bits per heavy atom. The van der Waals surface area contributed by atoms with Crippen molar-refractivity contribution in [1.29, 1.82) is 0 Å². The third-order valence-corrected chi connectivity index (χ3v) is 7.84. The molecule has 1 aromatic heterocycles. The van der Waals surface area contributed by atoms with E-state index in [9.17, 15) is 27.9 Å². The highest BCUT2D eigenvalue weighted by Crippen LogP contribution is 2.46. The molecule has 9 heteroatoms. The van der Waals surface area contributed by atoms with Crippen molar-refractivity contribution in [3.05, 3.63) is 64.0 Å². The van der Waals surface area contributed by atoms with Crippen LogP contribution >= 0.6 is 22.9 Å². The number of nitrogens with one attached hydrogen (secondary N) is 1. The standard InChI is InChI=1S/C25H23ClF3NO3S/c1-13(25(27,28)29)23(21-11-16-4-2-3-5-20(16)34-21)24(33)30-19-10-15(8-9-18(19)26)17(12-22(31)32)14-6-7-14/h2-5,8-11,13-14,17,23H,6-7,12H2,1H3,(H,30,33)(H,31,32)/t13-,17+,23+/m1/s1. The smallest absolute Gasteiger partial charge is 0.392 e. The Kier molecular flexibility index (Phi) is 6.92. The molecule has 4 rings (SSSR count).